The second-order valence-electron chi connectivity index (χ2n) is 7.12. The zero-order valence-corrected chi connectivity index (χ0v) is 14.0. The summed E-state index contributed by atoms with van der Waals surface area (Å²) in [5.41, 5.74) is 0.256. The zero-order chi connectivity index (χ0) is 13.9. The van der Waals surface area contributed by atoms with Crippen LogP contribution >= 0.6 is 9.24 Å². The van der Waals surface area contributed by atoms with E-state index in [1.807, 2.05) is 0 Å². The number of allylic oxidation sites excluding steroid dienone is 3. The minimum atomic E-state index is 0.256. The number of hydrogen-bond acceptors (Lipinski definition) is 1. The van der Waals surface area contributed by atoms with Crippen molar-refractivity contribution in [3.63, 3.8) is 0 Å². The van der Waals surface area contributed by atoms with Crippen LogP contribution in [0.15, 0.2) is 24.3 Å². The SMILES string of the molecule is CC(C)(C)N(C/C=C/C1CC=CCC1)C(P)C1CC1. The first-order valence-corrected chi connectivity index (χ1v) is 8.49. The average molecular weight is 279 g/mol. The molecule has 0 aromatic carbocycles. The van der Waals surface area contributed by atoms with Gasteiger partial charge in [0.05, 0.1) is 0 Å². The number of rotatable bonds is 5. The monoisotopic (exact) mass is 279 g/mol. The van der Waals surface area contributed by atoms with Crippen LogP contribution in [0.5, 0.6) is 0 Å². The second-order valence-corrected chi connectivity index (χ2v) is 7.81. The van der Waals surface area contributed by atoms with E-state index in [-0.39, 0.29) is 5.54 Å². The Morgan fingerprint density at radius 2 is 2.00 bits per heavy atom. The van der Waals surface area contributed by atoms with Gasteiger partial charge in [-0.1, -0.05) is 24.3 Å². The minimum absolute atomic E-state index is 0.256. The van der Waals surface area contributed by atoms with Crippen LogP contribution in [-0.4, -0.2) is 22.8 Å². The molecule has 0 saturated heterocycles. The summed E-state index contributed by atoms with van der Waals surface area (Å²) >= 11 is 0. The predicted molar refractivity (Wildman–Crippen MR) is 88.3 cm³/mol. The first-order chi connectivity index (χ1) is 8.98. The third kappa shape index (κ3) is 4.72. The molecule has 108 valence electrons. The van der Waals surface area contributed by atoms with Crippen LogP contribution < -0.4 is 0 Å². The van der Waals surface area contributed by atoms with Gasteiger partial charge < -0.3 is 0 Å². The van der Waals surface area contributed by atoms with E-state index in [9.17, 15) is 0 Å². The lowest BCUT2D eigenvalue weighted by molar-refractivity contribution is 0.128. The Bertz CT molecular complexity index is 336. The molecular weight excluding hydrogens is 249 g/mol. The van der Waals surface area contributed by atoms with Gasteiger partial charge in [0, 0.05) is 17.9 Å². The van der Waals surface area contributed by atoms with Crippen LogP contribution in [0.3, 0.4) is 0 Å². The number of hydrogen-bond donors (Lipinski definition) is 0. The highest BCUT2D eigenvalue weighted by Gasteiger charge is 2.36. The Morgan fingerprint density at radius 1 is 1.26 bits per heavy atom. The number of nitrogens with zero attached hydrogens (tertiary/aromatic N) is 1. The maximum absolute atomic E-state index is 3.08. The summed E-state index contributed by atoms with van der Waals surface area (Å²) in [5.74, 6) is 2.34. The van der Waals surface area contributed by atoms with E-state index in [4.69, 9.17) is 0 Å². The van der Waals surface area contributed by atoms with E-state index >= 15 is 0 Å². The first kappa shape index (κ1) is 15.3. The molecule has 0 bridgehead atoms. The van der Waals surface area contributed by atoms with Crippen molar-refractivity contribution in [3.8, 4) is 0 Å². The largest absolute Gasteiger partial charge is 0.288 e. The van der Waals surface area contributed by atoms with Crippen molar-refractivity contribution < 1.29 is 0 Å². The highest BCUT2D eigenvalue weighted by Crippen LogP contribution is 2.40. The second kappa shape index (κ2) is 6.55. The Balaban J connectivity index is 1.88. The van der Waals surface area contributed by atoms with E-state index in [1.165, 1.54) is 32.1 Å². The molecule has 0 aromatic rings. The fourth-order valence-electron chi connectivity index (χ4n) is 2.89. The van der Waals surface area contributed by atoms with Gasteiger partial charge in [0.1, 0.15) is 0 Å². The average Bonchev–Trinajstić information content (AvgIpc) is 3.18. The lowest BCUT2D eigenvalue weighted by Gasteiger charge is -2.40. The molecule has 1 saturated carbocycles. The van der Waals surface area contributed by atoms with E-state index in [0.717, 1.165) is 18.4 Å². The zero-order valence-electron chi connectivity index (χ0n) is 12.8. The minimum Gasteiger partial charge on any atom is -0.288 e. The molecule has 1 nitrogen and oxygen atoms in total. The molecule has 0 amide bonds. The molecule has 0 heterocycles. The fraction of sp³-hybridized carbons (Fsp3) is 0.765. The molecule has 2 aliphatic rings. The van der Waals surface area contributed by atoms with Crippen LogP contribution in [0, 0.1) is 11.8 Å². The van der Waals surface area contributed by atoms with Crippen molar-refractivity contribution in [2.24, 2.45) is 11.8 Å². The van der Waals surface area contributed by atoms with Gasteiger partial charge >= 0.3 is 0 Å². The van der Waals surface area contributed by atoms with E-state index in [0.29, 0.717) is 5.78 Å². The molecule has 2 rings (SSSR count). The Morgan fingerprint density at radius 3 is 2.53 bits per heavy atom. The molecule has 3 unspecified atom stereocenters. The topological polar surface area (TPSA) is 3.24 Å². The summed E-state index contributed by atoms with van der Waals surface area (Å²) in [4.78, 5) is 2.64. The van der Waals surface area contributed by atoms with Gasteiger partial charge in [-0.15, -0.1) is 9.24 Å². The molecule has 0 aliphatic heterocycles. The quantitative estimate of drug-likeness (QED) is 0.524. The lowest BCUT2D eigenvalue weighted by Crippen LogP contribution is -2.46. The van der Waals surface area contributed by atoms with Crippen molar-refractivity contribution in [1.29, 1.82) is 0 Å². The molecule has 2 aliphatic carbocycles. The third-order valence-corrected chi connectivity index (χ3v) is 5.25. The summed E-state index contributed by atoms with van der Waals surface area (Å²) < 4.78 is 0. The summed E-state index contributed by atoms with van der Waals surface area (Å²) in [7, 11) is 3.08. The molecule has 2 heteroatoms. The van der Waals surface area contributed by atoms with Gasteiger partial charge in [-0.3, -0.25) is 4.90 Å². The fourth-order valence-corrected chi connectivity index (χ4v) is 3.85. The molecule has 3 atom stereocenters. The van der Waals surface area contributed by atoms with Crippen LogP contribution in [0.2, 0.25) is 0 Å². The Kier molecular flexibility index (Phi) is 5.26. The predicted octanol–water partition coefficient (Wildman–Crippen LogP) is 4.61. The molecule has 0 radical (unpaired) electrons. The summed E-state index contributed by atoms with van der Waals surface area (Å²) in [6.45, 7) is 8.10. The standard InChI is InChI=1S/C17H30NP/c1-17(2,3)18(16(19)15-11-12-15)13-7-10-14-8-5-4-6-9-14/h4-5,7,10,14-16H,6,8-9,11-13,19H2,1-3H3/b10-7+. The van der Waals surface area contributed by atoms with Crippen molar-refractivity contribution in [1.82, 2.24) is 4.90 Å². The van der Waals surface area contributed by atoms with Gasteiger partial charge in [-0.05, 0) is 64.7 Å². The van der Waals surface area contributed by atoms with Crippen molar-refractivity contribution in [2.45, 2.75) is 64.2 Å². The summed E-state index contributed by atoms with van der Waals surface area (Å²) in [6, 6.07) is 0. The van der Waals surface area contributed by atoms with Crippen LogP contribution in [0.25, 0.3) is 0 Å². The Labute approximate surface area is 121 Å². The van der Waals surface area contributed by atoms with Crippen molar-refractivity contribution in [3.05, 3.63) is 24.3 Å². The van der Waals surface area contributed by atoms with Crippen LogP contribution in [-0.2, 0) is 0 Å². The summed E-state index contributed by atoms with van der Waals surface area (Å²) in [6.07, 6.45) is 16.2. The van der Waals surface area contributed by atoms with Gasteiger partial charge in [0.25, 0.3) is 0 Å². The molecule has 19 heavy (non-hydrogen) atoms. The highest BCUT2D eigenvalue weighted by atomic mass is 31.0. The van der Waals surface area contributed by atoms with E-state index in [2.05, 4.69) is 59.2 Å². The van der Waals surface area contributed by atoms with E-state index in [1.54, 1.807) is 0 Å². The maximum Gasteiger partial charge on any atom is 0.0276 e. The maximum atomic E-state index is 3.08. The van der Waals surface area contributed by atoms with Gasteiger partial charge in [0.15, 0.2) is 0 Å². The third-order valence-electron chi connectivity index (χ3n) is 4.35. The molecule has 1 fully saturated rings. The van der Waals surface area contributed by atoms with Gasteiger partial charge in [0.2, 0.25) is 0 Å². The summed E-state index contributed by atoms with van der Waals surface area (Å²) in [5, 5.41) is 0. The normalized spacial score (nSPS) is 26.3. The van der Waals surface area contributed by atoms with Gasteiger partial charge in [-0.25, -0.2) is 0 Å². The lowest BCUT2D eigenvalue weighted by atomic mass is 9.94. The first-order valence-electron chi connectivity index (χ1n) is 7.82. The van der Waals surface area contributed by atoms with E-state index < -0.39 is 0 Å². The molecular formula is C17H30NP. The van der Waals surface area contributed by atoms with Crippen LogP contribution in [0.4, 0.5) is 0 Å². The molecule has 0 N–H and O–H groups in total. The van der Waals surface area contributed by atoms with Gasteiger partial charge in [-0.2, -0.15) is 0 Å². The van der Waals surface area contributed by atoms with Crippen molar-refractivity contribution >= 4 is 9.24 Å². The Hall–Kier alpha value is -0.130. The smallest absolute Gasteiger partial charge is 0.0276 e. The van der Waals surface area contributed by atoms with Crippen molar-refractivity contribution in [2.75, 3.05) is 6.54 Å². The molecule has 0 spiro atoms. The van der Waals surface area contributed by atoms with Crippen LogP contribution in [0.1, 0.15) is 52.9 Å². The highest BCUT2D eigenvalue weighted by molar-refractivity contribution is 7.17. The molecule has 0 aromatic heterocycles.